The van der Waals surface area contributed by atoms with Crippen molar-refractivity contribution in [2.45, 2.75) is 17.6 Å². The van der Waals surface area contributed by atoms with Gasteiger partial charge in [0.1, 0.15) is 0 Å². The Morgan fingerprint density at radius 1 is 0.651 bits per heavy atom. The first-order chi connectivity index (χ1) is 20.8. The molecule has 11 nitrogen and oxygen atoms in total. The van der Waals surface area contributed by atoms with Crippen LogP contribution in [0.5, 0.6) is 0 Å². The van der Waals surface area contributed by atoms with Gasteiger partial charge < -0.3 is 28.7 Å². The highest BCUT2D eigenvalue weighted by Crippen LogP contribution is 2.60. The minimum Gasteiger partial charge on any atom is -0.467 e. The lowest BCUT2D eigenvalue weighted by Gasteiger charge is -2.44. The van der Waals surface area contributed by atoms with E-state index in [1.54, 1.807) is 42.5 Å². The van der Waals surface area contributed by atoms with E-state index >= 15 is 4.79 Å². The molecule has 0 radical (unpaired) electrons. The Bertz CT molecular complexity index is 1640. The number of hydrogen-bond acceptors (Lipinski definition) is 10. The van der Waals surface area contributed by atoms with Crippen LogP contribution in [0, 0.1) is 0 Å². The molecule has 0 unspecified atom stereocenters. The number of nitrogens with zero attached hydrogens (tertiary/aromatic N) is 2. The Kier molecular flexibility index (Phi) is 7.49. The maximum Gasteiger partial charge on any atom is 0.348 e. The molecule has 1 amide bonds. The smallest absolute Gasteiger partial charge is 0.348 e. The SMILES string of the molecule is COC(=O)C1=C(C(=O)OC)[C@]2(C(=O)N(Cc3ccccc3)c3ccccc32)N(c2ccccc2)C1(C(=O)OC)C(=O)OC. The van der Waals surface area contributed by atoms with Gasteiger partial charge in [-0.25, -0.2) is 19.2 Å². The summed E-state index contributed by atoms with van der Waals surface area (Å²) in [5.41, 5.74) is -4.94. The number of hydrogen-bond donors (Lipinski definition) is 0. The number of methoxy groups -OCH3 is 4. The van der Waals surface area contributed by atoms with Crippen LogP contribution in [0.25, 0.3) is 0 Å². The third-order valence-electron chi connectivity index (χ3n) is 7.72. The predicted octanol–water partition coefficient (Wildman–Crippen LogP) is 2.68. The van der Waals surface area contributed by atoms with Crippen molar-refractivity contribution >= 4 is 41.2 Å². The largest absolute Gasteiger partial charge is 0.467 e. The zero-order valence-corrected chi connectivity index (χ0v) is 23.9. The molecule has 43 heavy (non-hydrogen) atoms. The van der Waals surface area contributed by atoms with Crippen molar-refractivity contribution in [3.63, 3.8) is 0 Å². The first kappa shape index (κ1) is 29.1. The van der Waals surface area contributed by atoms with Gasteiger partial charge in [-0.2, -0.15) is 0 Å². The molecule has 0 saturated heterocycles. The predicted molar refractivity (Wildman–Crippen MR) is 152 cm³/mol. The molecular formula is C32H28N2O9. The number of amides is 1. The Morgan fingerprint density at radius 3 is 1.72 bits per heavy atom. The summed E-state index contributed by atoms with van der Waals surface area (Å²) in [6, 6.07) is 23.7. The first-order valence-electron chi connectivity index (χ1n) is 13.2. The molecule has 3 aromatic carbocycles. The summed E-state index contributed by atoms with van der Waals surface area (Å²) < 4.78 is 20.5. The number of fused-ring (bicyclic) bond motifs is 2. The fraction of sp³-hybridized carbons (Fsp3) is 0.219. The topological polar surface area (TPSA) is 129 Å². The van der Waals surface area contributed by atoms with E-state index in [-0.39, 0.29) is 17.8 Å². The Labute approximate surface area is 247 Å². The Morgan fingerprint density at radius 2 is 1.16 bits per heavy atom. The second kappa shape index (κ2) is 11.1. The molecule has 2 aliphatic rings. The average molecular weight is 585 g/mol. The highest BCUT2D eigenvalue weighted by molar-refractivity contribution is 6.30. The third-order valence-corrected chi connectivity index (χ3v) is 7.72. The number of esters is 4. The van der Waals surface area contributed by atoms with Crippen LogP contribution in [-0.4, -0.2) is 63.8 Å². The second-order valence-electron chi connectivity index (χ2n) is 9.70. The van der Waals surface area contributed by atoms with Crippen LogP contribution in [0.15, 0.2) is 96.1 Å². The molecule has 11 heteroatoms. The van der Waals surface area contributed by atoms with Crippen molar-refractivity contribution in [2.75, 3.05) is 38.2 Å². The normalized spacial score (nSPS) is 18.4. The van der Waals surface area contributed by atoms with Gasteiger partial charge in [0, 0.05) is 11.3 Å². The zero-order valence-electron chi connectivity index (χ0n) is 23.9. The quantitative estimate of drug-likeness (QED) is 0.232. The van der Waals surface area contributed by atoms with Crippen molar-refractivity contribution < 1.29 is 42.9 Å². The van der Waals surface area contributed by atoms with E-state index < -0.39 is 52.0 Å². The molecule has 0 N–H and O–H groups in total. The van der Waals surface area contributed by atoms with Gasteiger partial charge in [0.25, 0.3) is 11.4 Å². The van der Waals surface area contributed by atoms with E-state index in [4.69, 9.17) is 18.9 Å². The minimum absolute atomic E-state index is 0.0620. The van der Waals surface area contributed by atoms with Crippen molar-refractivity contribution in [2.24, 2.45) is 0 Å². The molecule has 220 valence electrons. The molecule has 1 atom stereocenters. The Hall–Kier alpha value is -5.45. The number of para-hydroxylation sites is 2. The highest BCUT2D eigenvalue weighted by atomic mass is 16.6. The standard InChI is InChI=1S/C32H28N2O9/c1-40-26(35)24-25(27(36)41-2)32(29(38)42-3,30(39)43-4)34(21-15-9-6-10-16-21)31(24)22-17-11-12-18-23(22)33(28(31)37)19-20-13-7-5-8-14-20/h5-18H,19H2,1-4H3/t31-/m1/s1. The zero-order chi connectivity index (χ0) is 30.9. The van der Waals surface area contributed by atoms with E-state index in [0.717, 1.165) is 38.9 Å². The molecule has 5 rings (SSSR count). The summed E-state index contributed by atoms with van der Waals surface area (Å²) in [6.07, 6.45) is 0. The summed E-state index contributed by atoms with van der Waals surface area (Å²) in [4.78, 5) is 73.5. The lowest BCUT2D eigenvalue weighted by Crippen LogP contribution is -2.67. The van der Waals surface area contributed by atoms with Gasteiger partial charge in [-0.3, -0.25) is 4.79 Å². The molecule has 0 aromatic heterocycles. The van der Waals surface area contributed by atoms with Gasteiger partial charge in [-0.15, -0.1) is 0 Å². The number of ether oxygens (including phenoxy) is 4. The summed E-state index contributed by atoms with van der Waals surface area (Å²) in [5, 5.41) is 0. The summed E-state index contributed by atoms with van der Waals surface area (Å²) in [5.74, 6) is -5.67. The Balaban J connectivity index is 2.00. The van der Waals surface area contributed by atoms with Crippen LogP contribution in [-0.2, 0) is 55.0 Å². The van der Waals surface area contributed by atoms with E-state index in [1.807, 2.05) is 30.3 Å². The third kappa shape index (κ3) is 3.92. The van der Waals surface area contributed by atoms with Gasteiger partial charge in [0.05, 0.1) is 51.8 Å². The fourth-order valence-electron chi connectivity index (χ4n) is 6.09. The van der Waals surface area contributed by atoms with Crippen LogP contribution in [0.4, 0.5) is 11.4 Å². The number of rotatable bonds is 7. The van der Waals surface area contributed by atoms with Gasteiger partial charge in [-0.05, 0) is 23.8 Å². The van der Waals surface area contributed by atoms with Crippen LogP contribution >= 0.6 is 0 Å². The minimum atomic E-state index is -2.81. The van der Waals surface area contributed by atoms with Gasteiger partial charge in [-0.1, -0.05) is 66.7 Å². The summed E-state index contributed by atoms with van der Waals surface area (Å²) in [6.45, 7) is 0.0620. The molecule has 0 fully saturated rings. The molecule has 2 heterocycles. The summed E-state index contributed by atoms with van der Waals surface area (Å²) in [7, 11) is 4.11. The molecule has 0 bridgehead atoms. The van der Waals surface area contributed by atoms with Crippen molar-refractivity contribution in [1.82, 2.24) is 0 Å². The van der Waals surface area contributed by atoms with Gasteiger partial charge in [0.15, 0.2) is 5.54 Å². The lowest BCUT2D eigenvalue weighted by atomic mass is 9.82. The molecule has 0 aliphatic carbocycles. The van der Waals surface area contributed by atoms with E-state index in [9.17, 15) is 19.2 Å². The van der Waals surface area contributed by atoms with Crippen LogP contribution in [0.1, 0.15) is 11.1 Å². The van der Waals surface area contributed by atoms with E-state index in [0.29, 0.717) is 5.69 Å². The second-order valence-corrected chi connectivity index (χ2v) is 9.70. The lowest BCUT2D eigenvalue weighted by molar-refractivity contribution is -0.161. The first-order valence-corrected chi connectivity index (χ1v) is 13.2. The highest BCUT2D eigenvalue weighted by Gasteiger charge is 2.77. The molecule has 0 saturated carbocycles. The molecule has 1 spiro atoms. The van der Waals surface area contributed by atoms with Crippen LogP contribution < -0.4 is 9.80 Å². The maximum absolute atomic E-state index is 15.2. The maximum atomic E-state index is 15.2. The molecule has 2 aliphatic heterocycles. The number of carbonyl (C=O) groups is 5. The molecular weight excluding hydrogens is 556 g/mol. The van der Waals surface area contributed by atoms with Crippen molar-refractivity contribution in [3.8, 4) is 0 Å². The monoisotopic (exact) mass is 584 g/mol. The number of anilines is 2. The average Bonchev–Trinajstić information content (AvgIpc) is 3.48. The van der Waals surface area contributed by atoms with Crippen molar-refractivity contribution in [1.29, 1.82) is 0 Å². The van der Waals surface area contributed by atoms with E-state index in [1.165, 1.54) is 17.0 Å². The van der Waals surface area contributed by atoms with Crippen molar-refractivity contribution in [3.05, 3.63) is 107 Å². The number of benzene rings is 3. The number of carbonyl (C=O) groups excluding carboxylic acids is 5. The van der Waals surface area contributed by atoms with E-state index in [2.05, 4.69) is 0 Å². The molecule has 3 aromatic rings. The summed E-state index contributed by atoms with van der Waals surface area (Å²) >= 11 is 0. The van der Waals surface area contributed by atoms with Crippen LogP contribution in [0.2, 0.25) is 0 Å². The van der Waals surface area contributed by atoms with Gasteiger partial charge >= 0.3 is 23.9 Å². The fourth-order valence-corrected chi connectivity index (χ4v) is 6.09. The van der Waals surface area contributed by atoms with Crippen LogP contribution in [0.3, 0.4) is 0 Å². The van der Waals surface area contributed by atoms with Gasteiger partial charge in [0.2, 0.25) is 0 Å².